The summed E-state index contributed by atoms with van der Waals surface area (Å²) in [5, 5.41) is 0.426. The molecule has 0 amide bonds. The summed E-state index contributed by atoms with van der Waals surface area (Å²) in [5.74, 6) is 6.80. The second-order valence-corrected chi connectivity index (χ2v) is 6.43. The Bertz CT molecular complexity index is 781. The van der Waals surface area contributed by atoms with Crippen LogP contribution < -0.4 is 4.90 Å². The Kier molecular flexibility index (Phi) is 3.09. The number of aromatic nitrogens is 1. The lowest BCUT2D eigenvalue weighted by molar-refractivity contribution is 0.616. The minimum Gasteiger partial charge on any atom is -0.367 e. The molecule has 1 aromatic heterocycles. The number of fused-ring (bicyclic) bond motifs is 1. The van der Waals surface area contributed by atoms with Crippen molar-refractivity contribution in [3.05, 3.63) is 59.1 Å². The van der Waals surface area contributed by atoms with Gasteiger partial charge >= 0.3 is 0 Å². The van der Waals surface area contributed by atoms with E-state index in [0.717, 1.165) is 25.2 Å². The molecule has 2 unspecified atom stereocenters. The van der Waals surface area contributed by atoms with Gasteiger partial charge in [0, 0.05) is 24.3 Å². The monoisotopic (exact) mass is 312 g/mol. The quantitative estimate of drug-likeness (QED) is 0.746. The minimum atomic E-state index is -0.262. The first-order chi connectivity index (χ1) is 10.7. The molecule has 1 aliphatic heterocycles. The van der Waals surface area contributed by atoms with E-state index in [1.165, 1.54) is 6.07 Å². The Morgan fingerprint density at radius 1 is 1.32 bits per heavy atom. The van der Waals surface area contributed by atoms with Crippen LogP contribution in [0.3, 0.4) is 0 Å². The van der Waals surface area contributed by atoms with E-state index in [1.807, 2.05) is 18.2 Å². The SMILES string of the molecule is Fc1cc(Cl)ccc1N1CC2CC2(C#Cc2ccccn2)C1. The summed E-state index contributed by atoms with van der Waals surface area (Å²) >= 11 is 5.82. The zero-order valence-electron chi connectivity index (χ0n) is 11.9. The van der Waals surface area contributed by atoms with Crippen molar-refractivity contribution in [3.8, 4) is 11.8 Å². The summed E-state index contributed by atoms with van der Waals surface area (Å²) in [6.07, 6.45) is 2.84. The Labute approximate surface area is 133 Å². The average Bonchev–Trinajstić information content (AvgIpc) is 3.07. The third kappa shape index (κ3) is 2.34. The van der Waals surface area contributed by atoms with Gasteiger partial charge in [0.25, 0.3) is 0 Å². The van der Waals surface area contributed by atoms with Gasteiger partial charge in [-0.3, -0.25) is 0 Å². The van der Waals surface area contributed by atoms with Crippen molar-refractivity contribution in [1.29, 1.82) is 0 Å². The first-order valence-corrected chi connectivity index (χ1v) is 7.68. The third-order valence-electron chi connectivity index (χ3n) is 4.50. The molecule has 4 heteroatoms. The maximum absolute atomic E-state index is 14.0. The van der Waals surface area contributed by atoms with Gasteiger partial charge in [0.1, 0.15) is 11.5 Å². The second-order valence-electron chi connectivity index (χ2n) is 6.00. The van der Waals surface area contributed by atoms with Gasteiger partial charge in [0.15, 0.2) is 0 Å². The first-order valence-electron chi connectivity index (χ1n) is 7.30. The molecule has 0 radical (unpaired) electrons. The molecule has 1 saturated carbocycles. The number of rotatable bonds is 1. The summed E-state index contributed by atoms with van der Waals surface area (Å²) in [5.41, 5.74) is 1.41. The number of piperidine rings is 1. The van der Waals surface area contributed by atoms with Crippen LogP contribution in [0.5, 0.6) is 0 Å². The molecule has 22 heavy (non-hydrogen) atoms. The molecule has 1 saturated heterocycles. The molecular weight excluding hydrogens is 299 g/mol. The zero-order valence-corrected chi connectivity index (χ0v) is 12.6. The first kappa shape index (κ1) is 13.6. The van der Waals surface area contributed by atoms with Crippen molar-refractivity contribution in [2.75, 3.05) is 18.0 Å². The van der Waals surface area contributed by atoms with E-state index in [2.05, 4.69) is 21.7 Å². The fourth-order valence-electron chi connectivity index (χ4n) is 3.22. The van der Waals surface area contributed by atoms with Gasteiger partial charge in [-0.1, -0.05) is 23.6 Å². The molecule has 0 bridgehead atoms. The van der Waals surface area contributed by atoms with Crippen molar-refractivity contribution < 1.29 is 4.39 Å². The van der Waals surface area contributed by atoms with E-state index < -0.39 is 0 Å². The Balaban J connectivity index is 1.55. The molecule has 1 aromatic carbocycles. The largest absolute Gasteiger partial charge is 0.367 e. The van der Waals surface area contributed by atoms with Gasteiger partial charge in [-0.05, 0) is 48.6 Å². The normalized spacial score (nSPS) is 25.4. The number of hydrogen-bond acceptors (Lipinski definition) is 2. The molecule has 1 aliphatic carbocycles. The van der Waals surface area contributed by atoms with Crippen LogP contribution in [0.15, 0.2) is 42.6 Å². The maximum atomic E-state index is 14.0. The van der Waals surface area contributed by atoms with Crippen LogP contribution in [-0.2, 0) is 0 Å². The van der Waals surface area contributed by atoms with Crippen LogP contribution in [0.25, 0.3) is 0 Å². The van der Waals surface area contributed by atoms with Crippen LogP contribution in [0, 0.1) is 29.0 Å². The molecule has 2 heterocycles. The highest BCUT2D eigenvalue weighted by atomic mass is 35.5. The van der Waals surface area contributed by atoms with Gasteiger partial charge in [-0.15, -0.1) is 0 Å². The number of benzene rings is 1. The van der Waals surface area contributed by atoms with Gasteiger partial charge in [0.2, 0.25) is 0 Å². The minimum absolute atomic E-state index is 0.00357. The summed E-state index contributed by atoms with van der Waals surface area (Å²) in [6, 6.07) is 10.6. The summed E-state index contributed by atoms with van der Waals surface area (Å²) in [4.78, 5) is 6.30. The Hall–Kier alpha value is -2.05. The van der Waals surface area contributed by atoms with Gasteiger partial charge in [0.05, 0.1) is 11.1 Å². The van der Waals surface area contributed by atoms with Crippen LogP contribution in [-0.4, -0.2) is 18.1 Å². The number of anilines is 1. The van der Waals surface area contributed by atoms with E-state index >= 15 is 0 Å². The Morgan fingerprint density at radius 3 is 3.00 bits per heavy atom. The molecule has 0 N–H and O–H groups in total. The van der Waals surface area contributed by atoms with Gasteiger partial charge < -0.3 is 4.90 Å². The fraction of sp³-hybridized carbons (Fsp3) is 0.278. The highest BCUT2D eigenvalue weighted by Gasteiger charge is 2.59. The molecule has 2 aliphatic rings. The van der Waals surface area contributed by atoms with E-state index in [4.69, 9.17) is 11.6 Å². The van der Waals surface area contributed by atoms with Crippen molar-refractivity contribution in [2.45, 2.75) is 6.42 Å². The van der Waals surface area contributed by atoms with Crippen molar-refractivity contribution >= 4 is 17.3 Å². The maximum Gasteiger partial charge on any atom is 0.147 e. The number of pyridine rings is 1. The lowest BCUT2D eigenvalue weighted by atomic mass is 10.1. The van der Waals surface area contributed by atoms with Crippen LogP contribution in [0.1, 0.15) is 12.1 Å². The fourth-order valence-corrected chi connectivity index (χ4v) is 3.38. The smallest absolute Gasteiger partial charge is 0.147 e. The lowest BCUT2D eigenvalue weighted by Gasteiger charge is -2.22. The zero-order chi connectivity index (χ0) is 15.2. The van der Waals surface area contributed by atoms with Gasteiger partial charge in [-0.25, -0.2) is 9.37 Å². The topological polar surface area (TPSA) is 16.1 Å². The van der Waals surface area contributed by atoms with Crippen molar-refractivity contribution in [2.24, 2.45) is 11.3 Å². The van der Waals surface area contributed by atoms with E-state index in [9.17, 15) is 4.39 Å². The highest BCUT2D eigenvalue weighted by molar-refractivity contribution is 6.30. The number of nitrogens with zero attached hydrogens (tertiary/aromatic N) is 2. The standard InChI is InChI=1S/C18H14ClFN2/c19-14-4-5-17(16(20)9-14)22-11-13-10-18(13,12-22)7-6-15-3-1-2-8-21-15/h1-5,8-9,13H,10-12H2. The van der Waals surface area contributed by atoms with E-state index in [-0.39, 0.29) is 11.2 Å². The Morgan fingerprint density at radius 2 is 2.23 bits per heavy atom. The molecule has 2 fully saturated rings. The van der Waals surface area contributed by atoms with Gasteiger partial charge in [-0.2, -0.15) is 0 Å². The molecular formula is C18H14ClFN2. The summed E-state index contributed by atoms with van der Waals surface area (Å²) in [7, 11) is 0. The van der Waals surface area contributed by atoms with Crippen molar-refractivity contribution in [1.82, 2.24) is 4.98 Å². The van der Waals surface area contributed by atoms with Crippen LogP contribution in [0.2, 0.25) is 5.02 Å². The molecule has 2 atom stereocenters. The average molecular weight is 313 g/mol. The number of hydrogen-bond donors (Lipinski definition) is 0. The second kappa shape index (κ2) is 5.00. The molecule has 110 valence electrons. The molecule has 2 aromatic rings. The highest BCUT2D eigenvalue weighted by Crippen LogP contribution is 2.58. The van der Waals surface area contributed by atoms with Crippen LogP contribution >= 0.6 is 11.6 Å². The van der Waals surface area contributed by atoms with E-state index in [1.54, 1.807) is 18.3 Å². The van der Waals surface area contributed by atoms with Crippen molar-refractivity contribution in [3.63, 3.8) is 0 Å². The van der Waals surface area contributed by atoms with E-state index in [0.29, 0.717) is 16.6 Å². The molecule has 0 spiro atoms. The number of halogens is 2. The van der Waals surface area contributed by atoms with Crippen LogP contribution in [0.4, 0.5) is 10.1 Å². The summed E-state index contributed by atoms with van der Waals surface area (Å²) < 4.78 is 14.0. The molecule has 4 rings (SSSR count). The summed E-state index contributed by atoms with van der Waals surface area (Å²) in [6.45, 7) is 1.63. The lowest BCUT2D eigenvalue weighted by Crippen LogP contribution is -2.25. The predicted molar refractivity (Wildman–Crippen MR) is 85.3 cm³/mol. The third-order valence-corrected chi connectivity index (χ3v) is 4.74. The predicted octanol–water partition coefficient (Wildman–Crippen LogP) is 3.75. The molecule has 2 nitrogen and oxygen atoms in total.